The van der Waals surface area contributed by atoms with Crippen LogP contribution < -0.4 is 11.1 Å². The first-order valence-corrected chi connectivity index (χ1v) is 30.5. The smallest absolute Gasteiger partial charge is 0.356 e. The molecular formula is C50H70N10O6S2Si. The maximum absolute atomic E-state index is 12.9. The predicted octanol–water partition coefficient (Wildman–Crippen LogP) is 8.83. The molecule has 0 bridgehead atoms. The highest BCUT2D eigenvalue weighted by Crippen LogP contribution is 2.37. The zero-order valence-corrected chi connectivity index (χ0v) is 44.2. The summed E-state index contributed by atoms with van der Waals surface area (Å²) in [5, 5.41) is 32.4. The molecule has 0 fully saturated rings. The van der Waals surface area contributed by atoms with E-state index in [1.807, 2.05) is 59.0 Å². The van der Waals surface area contributed by atoms with Gasteiger partial charge in [-0.2, -0.15) is 32.2 Å². The lowest BCUT2D eigenvalue weighted by Crippen LogP contribution is -2.25. The summed E-state index contributed by atoms with van der Waals surface area (Å²) in [5.74, 6) is -0.326. The molecule has 2 aromatic carbocycles. The second-order valence-electron chi connectivity index (χ2n) is 21.0. The Morgan fingerprint density at radius 2 is 1.48 bits per heavy atom. The number of rotatable bonds is 16. The number of anilines is 2. The molecule has 0 spiro atoms. The van der Waals surface area contributed by atoms with Crippen molar-refractivity contribution < 1.29 is 27.9 Å². The Kier molecular flexibility index (Phi) is 17.2. The molecule has 372 valence electrons. The molecule has 6 aromatic rings. The van der Waals surface area contributed by atoms with Gasteiger partial charge in [-0.1, -0.05) is 108 Å². The van der Waals surface area contributed by atoms with Gasteiger partial charge >= 0.3 is 5.97 Å². The number of sulfone groups is 1. The van der Waals surface area contributed by atoms with E-state index in [0.29, 0.717) is 23.8 Å². The summed E-state index contributed by atoms with van der Waals surface area (Å²) < 4.78 is 35.0. The molecule has 4 aromatic heterocycles. The van der Waals surface area contributed by atoms with Crippen molar-refractivity contribution in [1.82, 2.24) is 39.5 Å². The van der Waals surface area contributed by atoms with Gasteiger partial charge in [-0.3, -0.25) is 19.3 Å². The third kappa shape index (κ3) is 15.0. The van der Waals surface area contributed by atoms with E-state index < -0.39 is 29.9 Å². The minimum absolute atomic E-state index is 0.0886. The third-order valence-electron chi connectivity index (χ3n) is 12.4. The number of carbonyl (C=O) groups excluding carboxylic acids is 1. The summed E-state index contributed by atoms with van der Waals surface area (Å²) >= 11 is 1.81. The molecule has 2 atom stereocenters. The monoisotopic (exact) mass is 998 g/mol. The standard InChI is InChI=1S/C22H27N5O3S.C16H28N2O3Si.C12H15N3S/c1-22(2)10-9-17-18(11-22)25-26-20(17)21(28)24-16-12-23-27(13-16)19(14-31(3,29)30)15-7-5-4-6-8-15;1-16(2)7-6-12-13(10-16)18(17-14(12)15(19)20)11-21-8-9-22(3,4)5;1-16-9-12(10-5-3-2-4-6-10)15-8-11(13)7-14-15/h4-8,12-13,19H,9-11,14H2,1-3H3,(H,24,28)(H,25,26);6-11H2,1-5H3,(H,19,20);2-8,12H,9,13H2,1H3. The molecule has 5 N–H and O–H groups in total. The minimum atomic E-state index is -3.25. The molecule has 2 aliphatic carbocycles. The molecule has 8 rings (SSSR count). The van der Waals surface area contributed by atoms with Crippen LogP contribution in [0.5, 0.6) is 0 Å². The van der Waals surface area contributed by atoms with Crippen molar-refractivity contribution in [2.45, 2.75) is 111 Å². The van der Waals surface area contributed by atoms with Gasteiger partial charge in [-0.25, -0.2) is 17.9 Å². The van der Waals surface area contributed by atoms with E-state index in [2.05, 4.69) is 109 Å². The van der Waals surface area contributed by atoms with Crippen molar-refractivity contribution in [3.05, 3.63) is 130 Å². The molecule has 16 nitrogen and oxygen atoms in total. The second-order valence-corrected chi connectivity index (χ2v) is 29.7. The van der Waals surface area contributed by atoms with E-state index in [-0.39, 0.29) is 34.2 Å². The van der Waals surface area contributed by atoms with Crippen LogP contribution >= 0.6 is 11.8 Å². The maximum Gasteiger partial charge on any atom is 0.356 e. The average Bonchev–Trinajstić information content (AvgIpc) is 4.10. The van der Waals surface area contributed by atoms with Crippen molar-refractivity contribution >= 4 is 52.9 Å². The molecule has 4 heterocycles. The highest BCUT2D eigenvalue weighted by atomic mass is 32.2. The molecule has 2 aliphatic rings. The molecule has 1 amide bonds. The average molecular weight is 999 g/mol. The molecule has 2 unspecified atom stereocenters. The van der Waals surface area contributed by atoms with Crippen LogP contribution in [0.1, 0.15) is 107 Å². The number of fused-ring (bicyclic) bond motifs is 2. The van der Waals surface area contributed by atoms with Crippen molar-refractivity contribution in [3.8, 4) is 0 Å². The topological polar surface area (TPSA) is 218 Å². The summed E-state index contributed by atoms with van der Waals surface area (Å²) in [6.45, 7) is 16.9. The minimum Gasteiger partial charge on any atom is -0.476 e. The Labute approximate surface area is 412 Å². The fourth-order valence-electron chi connectivity index (χ4n) is 8.57. The fourth-order valence-corrected chi connectivity index (χ4v) is 10.9. The van der Waals surface area contributed by atoms with E-state index >= 15 is 0 Å². The zero-order valence-electron chi connectivity index (χ0n) is 41.5. The molecule has 69 heavy (non-hydrogen) atoms. The molecular weight excluding hydrogens is 929 g/mol. The molecule has 0 saturated heterocycles. The number of aromatic nitrogens is 8. The highest BCUT2D eigenvalue weighted by Gasteiger charge is 2.33. The van der Waals surface area contributed by atoms with Crippen LogP contribution in [0.3, 0.4) is 0 Å². The first-order chi connectivity index (χ1) is 32.5. The number of carboxylic acid groups (broad SMARTS) is 1. The van der Waals surface area contributed by atoms with Gasteiger partial charge in [0.25, 0.3) is 5.91 Å². The summed E-state index contributed by atoms with van der Waals surface area (Å²) in [6.07, 6.45) is 15.4. The largest absolute Gasteiger partial charge is 0.476 e. The Morgan fingerprint density at radius 1 is 0.884 bits per heavy atom. The number of carboxylic acids is 1. The SMILES string of the molecule is CC1(C)CCc2c(C(=O)Nc3cnn(C(CS(C)(=O)=O)c4ccccc4)c3)n[nH]c2C1.CC1(C)CCc2c(C(=O)O)nn(COCC[Si](C)(C)C)c2C1.CSCC(c1ccccc1)n1cc(N)cn1. The summed E-state index contributed by atoms with van der Waals surface area (Å²) in [4.78, 5) is 24.3. The first-order valence-electron chi connectivity index (χ1n) is 23.4. The van der Waals surface area contributed by atoms with Crippen LogP contribution in [0, 0.1) is 10.8 Å². The number of H-pyrrole nitrogens is 1. The summed E-state index contributed by atoms with van der Waals surface area (Å²) in [6, 6.07) is 20.6. The number of aromatic carboxylic acids is 1. The maximum atomic E-state index is 12.9. The number of thioether (sulfide) groups is 1. The summed E-state index contributed by atoms with van der Waals surface area (Å²) in [7, 11) is -4.36. The number of hydrogen-bond acceptors (Lipinski definition) is 11. The van der Waals surface area contributed by atoms with Gasteiger partial charge in [0.15, 0.2) is 11.4 Å². The van der Waals surface area contributed by atoms with Crippen LogP contribution in [0.15, 0.2) is 85.5 Å². The van der Waals surface area contributed by atoms with Gasteiger partial charge in [0.2, 0.25) is 0 Å². The van der Waals surface area contributed by atoms with E-state index in [4.69, 9.17) is 10.5 Å². The number of hydrogen-bond donors (Lipinski definition) is 4. The van der Waals surface area contributed by atoms with Crippen molar-refractivity contribution in [2.75, 3.05) is 41.7 Å². The number of benzene rings is 2. The quantitative estimate of drug-likeness (QED) is 0.0528. The number of nitrogens with zero attached hydrogens (tertiary/aromatic N) is 7. The van der Waals surface area contributed by atoms with Crippen LogP contribution in [0.4, 0.5) is 11.4 Å². The zero-order chi connectivity index (χ0) is 50.1. The number of carbonyl (C=O) groups is 2. The lowest BCUT2D eigenvalue weighted by atomic mass is 9.76. The number of nitrogens with one attached hydrogen (secondary N) is 2. The van der Waals surface area contributed by atoms with Crippen LogP contribution in [0.25, 0.3) is 0 Å². The van der Waals surface area contributed by atoms with E-state index in [0.717, 1.165) is 85.0 Å². The van der Waals surface area contributed by atoms with E-state index in [9.17, 15) is 23.1 Å². The Balaban J connectivity index is 0.000000180. The number of aromatic amines is 1. The van der Waals surface area contributed by atoms with Crippen LogP contribution in [-0.2, 0) is 47.0 Å². The molecule has 0 saturated carbocycles. The Morgan fingerprint density at radius 3 is 2.06 bits per heavy atom. The van der Waals surface area contributed by atoms with Crippen molar-refractivity contribution in [1.29, 1.82) is 0 Å². The lowest BCUT2D eigenvalue weighted by Gasteiger charge is -2.30. The highest BCUT2D eigenvalue weighted by molar-refractivity contribution is 7.98. The fraction of sp³-hybridized carbons (Fsp3) is 0.480. The second kappa shape index (κ2) is 22.5. The number of amides is 1. The Hall–Kier alpha value is -5.50. The van der Waals surface area contributed by atoms with Gasteiger partial charge in [0.1, 0.15) is 16.6 Å². The summed E-state index contributed by atoms with van der Waals surface area (Å²) in [5.41, 5.74) is 14.0. The van der Waals surface area contributed by atoms with Crippen LogP contribution in [0.2, 0.25) is 25.7 Å². The molecule has 0 radical (unpaired) electrons. The van der Waals surface area contributed by atoms with E-state index in [1.165, 1.54) is 18.0 Å². The first kappa shape index (κ1) is 52.9. The normalized spacial score (nSPS) is 15.8. The van der Waals surface area contributed by atoms with Gasteiger partial charge in [-0.15, -0.1) is 0 Å². The number of nitrogen functional groups attached to an aromatic ring is 1. The molecule has 0 aliphatic heterocycles. The van der Waals surface area contributed by atoms with Gasteiger partial charge < -0.3 is 20.9 Å². The third-order valence-corrected chi connectivity index (χ3v) is 15.7. The lowest BCUT2D eigenvalue weighted by molar-refractivity contribution is 0.0667. The molecule has 19 heteroatoms. The van der Waals surface area contributed by atoms with Crippen LogP contribution in [-0.4, -0.2) is 104 Å². The van der Waals surface area contributed by atoms with Crippen molar-refractivity contribution in [3.63, 3.8) is 0 Å². The van der Waals surface area contributed by atoms with Crippen molar-refractivity contribution in [2.24, 2.45) is 10.8 Å². The number of nitrogens with two attached hydrogens (primary N) is 1. The van der Waals surface area contributed by atoms with Gasteiger partial charge in [0, 0.05) is 61.6 Å². The van der Waals surface area contributed by atoms with E-state index in [1.54, 1.807) is 21.8 Å². The number of ether oxygens (including phenoxy) is 1. The predicted molar refractivity (Wildman–Crippen MR) is 278 cm³/mol. The Bertz CT molecular complexity index is 2760. The van der Waals surface area contributed by atoms with Gasteiger partial charge in [-0.05, 0) is 72.8 Å². The van der Waals surface area contributed by atoms with Gasteiger partial charge in [0.05, 0.1) is 41.6 Å².